The van der Waals surface area contributed by atoms with E-state index in [9.17, 15) is 9.59 Å². The first-order valence-corrected chi connectivity index (χ1v) is 11.4. The topological polar surface area (TPSA) is 79.9 Å². The maximum absolute atomic E-state index is 12.7. The summed E-state index contributed by atoms with van der Waals surface area (Å²) in [5, 5.41) is 5.98. The van der Waals surface area contributed by atoms with E-state index in [2.05, 4.69) is 10.6 Å². The van der Waals surface area contributed by atoms with Crippen LogP contribution in [0.25, 0.3) is 0 Å². The van der Waals surface area contributed by atoms with Gasteiger partial charge in [-0.2, -0.15) is 0 Å². The van der Waals surface area contributed by atoms with Gasteiger partial charge >= 0.3 is 0 Å². The second-order valence-electron chi connectivity index (χ2n) is 8.12. The molecule has 0 bridgehead atoms. The Morgan fingerprint density at radius 2 is 1.74 bits per heavy atom. The Balaban J connectivity index is 1.29. The van der Waals surface area contributed by atoms with E-state index in [0.717, 1.165) is 30.8 Å². The van der Waals surface area contributed by atoms with Crippen LogP contribution in [0.2, 0.25) is 0 Å². The number of amides is 2. The normalized spacial score (nSPS) is 14.9. The van der Waals surface area contributed by atoms with Crippen molar-refractivity contribution < 1.29 is 19.1 Å². The third-order valence-corrected chi connectivity index (χ3v) is 5.64. The summed E-state index contributed by atoms with van der Waals surface area (Å²) in [7, 11) is 1.74. The van der Waals surface area contributed by atoms with Crippen LogP contribution in [0.15, 0.2) is 78.9 Å². The molecule has 1 heterocycles. The lowest BCUT2D eigenvalue weighted by Crippen LogP contribution is -2.26. The molecule has 34 heavy (non-hydrogen) atoms. The predicted octanol–water partition coefficient (Wildman–Crippen LogP) is 4.57. The number of para-hydroxylation sites is 3. The maximum atomic E-state index is 12.7. The number of hydrogen-bond donors (Lipinski definition) is 2. The summed E-state index contributed by atoms with van der Waals surface area (Å²) in [5.41, 5.74) is 2.73. The van der Waals surface area contributed by atoms with E-state index in [1.807, 2.05) is 54.6 Å². The molecule has 0 radical (unpaired) electrons. The number of nitrogens with one attached hydrogen (secondary N) is 2. The molecular formula is C27H29N3O4. The highest BCUT2D eigenvalue weighted by atomic mass is 16.5. The minimum absolute atomic E-state index is 0.0811. The minimum Gasteiger partial charge on any atom is -0.489 e. The van der Waals surface area contributed by atoms with E-state index >= 15 is 0 Å². The van der Waals surface area contributed by atoms with Crippen molar-refractivity contribution in [1.82, 2.24) is 0 Å². The number of nitrogens with zero attached hydrogens (tertiary/aromatic N) is 1. The summed E-state index contributed by atoms with van der Waals surface area (Å²) in [5.74, 6) is 0.371. The van der Waals surface area contributed by atoms with Gasteiger partial charge in [-0.25, -0.2) is 0 Å². The van der Waals surface area contributed by atoms with Gasteiger partial charge in [-0.15, -0.1) is 0 Å². The average Bonchev–Trinajstić information content (AvgIpc) is 3.40. The van der Waals surface area contributed by atoms with E-state index in [4.69, 9.17) is 9.47 Å². The third-order valence-electron chi connectivity index (χ3n) is 5.64. The van der Waals surface area contributed by atoms with Crippen LogP contribution in [-0.4, -0.2) is 44.7 Å². The van der Waals surface area contributed by atoms with E-state index in [0.29, 0.717) is 23.6 Å². The van der Waals surface area contributed by atoms with Crippen LogP contribution in [-0.2, 0) is 9.53 Å². The van der Waals surface area contributed by atoms with Crippen molar-refractivity contribution in [2.75, 3.05) is 42.3 Å². The largest absolute Gasteiger partial charge is 0.489 e. The number of ether oxygens (including phenoxy) is 2. The molecule has 0 saturated carbocycles. The van der Waals surface area contributed by atoms with E-state index in [-0.39, 0.29) is 24.5 Å². The lowest BCUT2D eigenvalue weighted by atomic mass is 10.1. The van der Waals surface area contributed by atoms with E-state index in [1.165, 1.54) is 0 Å². The molecule has 0 aromatic heterocycles. The van der Waals surface area contributed by atoms with Gasteiger partial charge < -0.3 is 25.0 Å². The minimum atomic E-state index is -0.200. The van der Waals surface area contributed by atoms with Crippen LogP contribution in [0.3, 0.4) is 0 Å². The van der Waals surface area contributed by atoms with Crippen LogP contribution in [0.1, 0.15) is 23.2 Å². The molecule has 176 valence electrons. The standard InChI is InChI=1S/C27H29N3O4/c1-30(22-8-3-2-4-9-22)27(32)20-13-15-21(16-14-20)29-26(31)18-28-24-11-5-6-12-25(24)34-19-23-10-7-17-33-23/h2-6,8-9,11-16,23,28H,7,10,17-19H2,1H3,(H,29,31). The fourth-order valence-electron chi connectivity index (χ4n) is 3.74. The van der Waals surface area contributed by atoms with Gasteiger partial charge in [0.15, 0.2) is 0 Å². The Bertz CT molecular complexity index is 1100. The van der Waals surface area contributed by atoms with Gasteiger partial charge in [0.2, 0.25) is 5.91 Å². The van der Waals surface area contributed by atoms with Crippen molar-refractivity contribution in [2.24, 2.45) is 0 Å². The predicted molar refractivity (Wildman–Crippen MR) is 134 cm³/mol. The quantitative estimate of drug-likeness (QED) is 0.490. The molecule has 1 saturated heterocycles. The van der Waals surface area contributed by atoms with Crippen molar-refractivity contribution in [2.45, 2.75) is 18.9 Å². The zero-order chi connectivity index (χ0) is 23.8. The molecular weight excluding hydrogens is 430 g/mol. The fraction of sp³-hybridized carbons (Fsp3) is 0.259. The van der Waals surface area contributed by atoms with Crippen molar-refractivity contribution in [3.8, 4) is 5.75 Å². The molecule has 1 fully saturated rings. The zero-order valence-corrected chi connectivity index (χ0v) is 19.2. The molecule has 1 unspecified atom stereocenters. The smallest absolute Gasteiger partial charge is 0.258 e. The van der Waals surface area contributed by atoms with Crippen molar-refractivity contribution in [1.29, 1.82) is 0 Å². The highest BCUT2D eigenvalue weighted by Crippen LogP contribution is 2.25. The second-order valence-corrected chi connectivity index (χ2v) is 8.12. The van der Waals surface area contributed by atoms with Crippen LogP contribution in [0.5, 0.6) is 5.75 Å². The highest BCUT2D eigenvalue weighted by molar-refractivity contribution is 6.06. The number of carbonyl (C=O) groups is 2. The number of hydrogen-bond acceptors (Lipinski definition) is 5. The van der Waals surface area contributed by atoms with E-state index in [1.54, 1.807) is 36.2 Å². The second kappa shape index (κ2) is 11.3. The lowest BCUT2D eigenvalue weighted by molar-refractivity contribution is -0.114. The Hall–Kier alpha value is -3.84. The third kappa shape index (κ3) is 6.14. The molecule has 2 amide bonds. The summed E-state index contributed by atoms with van der Waals surface area (Å²) < 4.78 is 11.5. The van der Waals surface area contributed by atoms with Crippen LogP contribution in [0.4, 0.5) is 17.1 Å². The Kier molecular flexibility index (Phi) is 7.78. The van der Waals surface area contributed by atoms with Crippen LogP contribution < -0.4 is 20.3 Å². The molecule has 0 aliphatic carbocycles. The van der Waals surface area contributed by atoms with Crippen LogP contribution in [0, 0.1) is 0 Å². The molecule has 4 rings (SSSR count). The van der Waals surface area contributed by atoms with Crippen molar-refractivity contribution in [3.63, 3.8) is 0 Å². The lowest BCUT2D eigenvalue weighted by Gasteiger charge is -2.17. The van der Waals surface area contributed by atoms with Gasteiger partial charge in [0.1, 0.15) is 12.4 Å². The van der Waals surface area contributed by atoms with Gasteiger partial charge in [-0.05, 0) is 61.4 Å². The summed E-state index contributed by atoms with van der Waals surface area (Å²) >= 11 is 0. The first-order valence-electron chi connectivity index (χ1n) is 11.4. The number of anilines is 3. The Labute approximate surface area is 199 Å². The van der Waals surface area contributed by atoms with Gasteiger partial charge in [0.25, 0.3) is 5.91 Å². The molecule has 1 aliphatic rings. The molecule has 3 aromatic rings. The van der Waals surface area contributed by atoms with Gasteiger partial charge in [0.05, 0.1) is 18.3 Å². The Morgan fingerprint density at radius 3 is 2.47 bits per heavy atom. The van der Waals surface area contributed by atoms with Crippen molar-refractivity contribution >= 4 is 28.9 Å². The highest BCUT2D eigenvalue weighted by Gasteiger charge is 2.17. The summed E-state index contributed by atoms with van der Waals surface area (Å²) in [6.45, 7) is 1.36. The first-order chi connectivity index (χ1) is 16.6. The number of carbonyl (C=O) groups excluding carboxylic acids is 2. The summed E-state index contributed by atoms with van der Waals surface area (Å²) in [6, 6.07) is 23.8. The van der Waals surface area contributed by atoms with Gasteiger partial charge in [-0.3, -0.25) is 9.59 Å². The maximum Gasteiger partial charge on any atom is 0.258 e. The SMILES string of the molecule is CN(C(=O)c1ccc(NC(=O)CNc2ccccc2OCC2CCCO2)cc1)c1ccccc1. The summed E-state index contributed by atoms with van der Waals surface area (Å²) in [4.78, 5) is 26.8. The van der Waals surface area contributed by atoms with Gasteiger partial charge in [0, 0.05) is 30.6 Å². The monoisotopic (exact) mass is 459 g/mol. The first kappa shape index (κ1) is 23.3. The van der Waals surface area contributed by atoms with Crippen LogP contribution >= 0.6 is 0 Å². The number of rotatable bonds is 9. The molecule has 7 heteroatoms. The Morgan fingerprint density at radius 1 is 1.00 bits per heavy atom. The molecule has 0 spiro atoms. The fourth-order valence-corrected chi connectivity index (χ4v) is 3.74. The number of benzene rings is 3. The molecule has 1 aliphatic heterocycles. The molecule has 7 nitrogen and oxygen atoms in total. The molecule has 3 aromatic carbocycles. The zero-order valence-electron chi connectivity index (χ0n) is 19.2. The van der Waals surface area contributed by atoms with E-state index < -0.39 is 0 Å². The summed E-state index contributed by atoms with van der Waals surface area (Å²) in [6.07, 6.45) is 2.19. The van der Waals surface area contributed by atoms with Gasteiger partial charge in [-0.1, -0.05) is 30.3 Å². The molecule has 1 atom stereocenters. The van der Waals surface area contributed by atoms with Crippen molar-refractivity contribution in [3.05, 3.63) is 84.4 Å². The molecule has 2 N–H and O–H groups in total. The average molecular weight is 460 g/mol.